The van der Waals surface area contributed by atoms with E-state index < -0.39 is 6.04 Å². The van der Waals surface area contributed by atoms with Crippen molar-refractivity contribution in [3.63, 3.8) is 0 Å². The molecule has 1 fully saturated rings. The Kier molecular flexibility index (Phi) is 6.13. The molecule has 0 N–H and O–H groups in total. The van der Waals surface area contributed by atoms with E-state index in [1.54, 1.807) is 29.7 Å². The molecule has 1 saturated heterocycles. The second kappa shape index (κ2) is 7.65. The molecule has 114 valence electrons. The van der Waals surface area contributed by atoms with Crippen LogP contribution in [0.2, 0.25) is 0 Å². The molecule has 0 radical (unpaired) electrons. The van der Waals surface area contributed by atoms with Gasteiger partial charge in [-0.15, -0.1) is 0 Å². The summed E-state index contributed by atoms with van der Waals surface area (Å²) in [5.74, 6) is 0.925. The fourth-order valence-electron chi connectivity index (χ4n) is 2.10. The average Bonchev–Trinajstić information content (AvgIpc) is 2.49. The summed E-state index contributed by atoms with van der Waals surface area (Å²) in [5, 5.41) is 0. The van der Waals surface area contributed by atoms with E-state index in [1.165, 1.54) is 0 Å². The van der Waals surface area contributed by atoms with Crippen molar-refractivity contribution in [3.05, 3.63) is 32.7 Å². The first-order valence-electron chi connectivity index (χ1n) is 6.55. The van der Waals surface area contributed by atoms with Gasteiger partial charge in [0, 0.05) is 27.0 Å². The van der Waals surface area contributed by atoms with Crippen LogP contribution in [-0.2, 0) is 9.53 Å². The van der Waals surface area contributed by atoms with Crippen LogP contribution >= 0.6 is 43.6 Å². The van der Waals surface area contributed by atoms with Crippen LogP contribution in [0.25, 0.3) is 0 Å². The first-order valence-corrected chi connectivity index (χ1v) is 9.29. The zero-order chi connectivity index (χ0) is 15.4. The van der Waals surface area contributed by atoms with E-state index in [-0.39, 0.29) is 11.9 Å². The van der Waals surface area contributed by atoms with Crippen LogP contribution in [0.15, 0.2) is 27.1 Å². The standard InChI is InChI=1S/C14H15Br2NO3S/c1-2-20-14(19)12-8-21-6-5-17(12)13(18)10-7-9(15)3-4-11(10)16/h3-4,7,12H,2,5-6,8H2,1H3. The zero-order valence-electron chi connectivity index (χ0n) is 11.5. The topological polar surface area (TPSA) is 46.6 Å². The molecule has 4 nitrogen and oxygen atoms in total. The molecule has 1 amide bonds. The van der Waals surface area contributed by atoms with Crippen LogP contribution in [0.5, 0.6) is 0 Å². The molecule has 0 bridgehead atoms. The van der Waals surface area contributed by atoms with Crippen molar-refractivity contribution in [1.29, 1.82) is 0 Å². The second-order valence-electron chi connectivity index (χ2n) is 4.47. The third kappa shape index (κ3) is 4.02. The summed E-state index contributed by atoms with van der Waals surface area (Å²) in [5.41, 5.74) is 0.547. The lowest BCUT2D eigenvalue weighted by Gasteiger charge is -2.34. The lowest BCUT2D eigenvalue weighted by atomic mass is 10.1. The summed E-state index contributed by atoms with van der Waals surface area (Å²) in [6.45, 7) is 2.64. The quantitative estimate of drug-likeness (QED) is 0.681. The van der Waals surface area contributed by atoms with Gasteiger partial charge in [0.15, 0.2) is 0 Å². The van der Waals surface area contributed by atoms with E-state index in [0.717, 1.165) is 14.7 Å². The Morgan fingerprint density at radius 1 is 1.43 bits per heavy atom. The van der Waals surface area contributed by atoms with Gasteiger partial charge < -0.3 is 9.64 Å². The molecule has 1 aliphatic heterocycles. The van der Waals surface area contributed by atoms with Crippen molar-refractivity contribution in [1.82, 2.24) is 4.90 Å². The van der Waals surface area contributed by atoms with Crippen LogP contribution in [-0.4, -0.2) is 47.5 Å². The Hall–Kier alpha value is -0.530. The highest BCUT2D eigenvalue weighted by molar-refractivity contribution is 9.11. The number of rotatable bonds is 3. The Morgan fingerprint density at radius 3 is 2.90 bits per heavy atom. The molecule has 21 heavy (non-hydrogen) atoms. The lowest BCUT2D eigenvalue weighted by Crippen LogP contribution is -2.51. The van der Waals surface area contributed by atoms with Gasteiger partial charge in [-0.2, -0.15) is 11.8 Å². The number of carbonyl (C=O) groups excluding carboxylic acids is 2. The van der Waals surface area contributed by atoms with Gasteiger partial charge in [0.25, 0.3) is 5.91 Å². The number of thioether (sulfide) groups is 1. The van der Waals surface area contributed by atoms with Crippen LogP contribution in [0.1, 0.15) is 17.3 Å². The summed E-state index contributed by atoms with van der Waals surface area (Å²) >= 11 is 8.43. The van der Waals surface area contributed by atoms with Crippen molar-refractivity contribution in [3.8, 4) is 0 Å². The predicted molar refractivity (Wildman–Crippen MR) is 90.6 cm³/mol. The summed E-state index contributed by atoms with van der Waals surface area (Å²) < 4.78 is 6.63. The molecule has 0 saturated carbocycles. The van der Waals surface area contributed by atoms with Gasteiger partial charge in [-0.05, 0) is 41.1 Å². The SMILES string of the molecule is CCOC(=O)C1CSCCN1C(=O)c1cc(Br)ccc1Br. The van der Waals surface area contributed by atoms with E-state index in [2.05, 4.69) is 31.9 Å². The Morgan fingerprint density at radius 2 is 2.19 bits per heavy atom. The molecule has 1 heterocycles. The maximum absolute atomic E-state index is 12.7. The summed E-state index contributed by atoms with van der Waals surface area (Å²) in [6.07, 6.45) is 0. The molecule has 0 spiro atoms. The minimum absolute atomic E-state index is 0.151. The molecule has 1 aliphatic rings. The first-order chi connectivity index (χ1) is 10.0. The highest BCUT2D eigenvalue weighted by Gasteiger charge is 2.34. The van der Waals surface area contributed by atoms with Crippen LogP contribution in [0, 0.1) is 0 Å². The second-order valence-corrected chi connectivity index (χ2v) is 7.39. The minimum atomic E-state index is -0.512. The Bertz CT molecular complexity index is 553. The van der Waals surface area contributed by atoms with Gasteiger partial charge in [0.2, 0.25) is 0 Å². The van der Waals surface area contributed by atoms with Crippen molar-refractivity contribution >= 4 is 55.5 Å². The number of amides is 1. The average molecular weight is 437 g/mol. The van der Waals surface area contributed by atoms with Gasteiger partial charge in [0.1, 0.15) is 6.04 Å². The van der Waals surface area contributed by atoms with Gasteiger partial charge >= 0.3 is 5.97 Å². The predicted octanol–water partition coefficient (Wildman–Crippen LogP) is 3.33. The number of hydrogen-bond acceptors (Lipinski definition) is 4. The monoisotopic (exact) mass is 435 g/mol. The van der Waals surface area contributed by atoms with E-state index >= 15 is 0 Å². The molecule has 1 atom stereocenters. The van der Waals surface area contributed by atoms with Crippen molar-refractivity contribution < 1.29 is 14.3 Å². The van der Waals surface area contributed by atoms with Crippen LogP contribution in [0.3, 0.4) is 0 Å². The van der Waals surface area contributed by atoms with E-state index in [1.807, 2.05) is 12.1 Å². The highest BCUT2D eigenvalue weighted by atomic mass is 79.9. The molecule has 1 aromatic carbocycles. The molecule has 1 unspecified atom stereocenters. The number of halogens is 2. The third-order valence-corrected chi connectivity index (χ3v) is 5.31. The summed E-state index contributed by atoms with van der Waals surface area (Å²) in [4.78, 5) is 26.4. The smallest absolute Gasteiger partial charge is 0.329 e. The Balaban J connectivity index is 2.26. The molecular formula is C14H15Br2NO3S. The van der Waals surface area contributed by atoms with Crippen molar-refractivity contribution in [2.45, 2.75) is 13.0 Å². The summed E-state index contributed by atoms with van der Waals surface area (Å²) in [6, 6.07) is 4.92. The van der Waals surface area contributed by atoms with Gasteiger partial charge in [-0.1, -0.05) is 15.9 Å². The Labute approximate surface area is 144 Å². The molecule has 2 rings (SSSR count). The number of hydrogen-bond donors (Lipinski definition) is 0. The van der Waals surface area contributed by atoms with Crippen molar-refractivity contribution in [2.24, 2.45) is 0 Å². The number of carbonyl (C=O) groups is 2. The van der Waals surface area contributed by atoms with Crippen LogP contribution < -0.4 is 0 Å². The third-order valence-electron chi connectivity index (χ3n) is 3.11. The number of benzene rings is 1. The van der Waals surface area contributed by atoms with E-state index in [4.69, 9.17) is 4.74 Å². The molecular weight excluding hydrogens is 422 g/mol. The molecule has 1 aromatic rings. The van der Waals surface area contributed by atoms with Gasteiger partial charge in [-0.25, -0.2) is 4.79 Å². The number of esters is 1. The maximum atomic E-state index is 12.7. The van der Waals surface area contributed by atoms with Crippen molar-refractivity contribution in [2.75, 3.05) is 24.7 Å². The molecule has 0 aromatic heterocycles. The summed E-state index contributed by atoms with van der Waals surface area (Å²) in [7, 11) is 0. The number of ether oxygens (including phenoxy) is 1. The lowest BCUT2D eigenvalue weighted by molar-refractivity contribution is -0.147. The fraction of sp³-hybridized carbons (Fsp3) is 0.429. The van der Waals surface area contributed by atoms with Gasteiger partial charge in [0.05, 0.1) is 12.2 Å². The maximum Gasteiger partial charge on any atom is 0.329 e. The molecule has 0 aliphatic carbocycles. The first kappa shape index (κ1) is 16.8. The van der Waals surface area contributed by atoms with Gasteiger partial charge in [-0.3, -0.25) is 4.79 Å². The van der Waals surface area contributed by atoms with E-state index in [9.17, 15) is 9.59 Å². The highest BCUT2D eigenvalue weighted by Crippen LogP contribution is 2.26. The molecule has 7 heteroatoms. The fourth-order valence-corrected chi connectivity index (χ4v) is 3.91. The normalized spacial score (nSPS) is 18.4. The minimum Gasteiger partial charge on any atom is -0.464 e. The number of nitrogens with zero attached hydrogens (tertiary/aromatic N) is 1. The van der Waals surface area contributed by atoms with Crippen LogP contribution in [0.4, 0.5) is 0 Å². The van der Waals surface area contributed by atoms with E-state index in [0.29, 0.717) is 24.5 Å². The zero-order valence-corrected chi connectivity index (χ0v) is 15.5. The largest absolute Gasteiger partial charge is 0.464 e.